The van der Waals surface area contributed by atoms with Crippen LogP contribution in [0.5, 0.6) is 0 Å². The number of methoxy groups -OCH3 is 1. The van der Waals surface area contributed by atoms with Gasteiger partial charge < -0.3 is 20.1 Å². The molecule has 2 N–H and O–H groups in total. The Bertz CT molecular complexity index is 380. The van der Waals surface area contributed by atoms with Gasteiger partial charge in [-0.15, -0.1) is 0 Å². The third kappa shape index (κ3) is 5.59. The third-order valence-corrected chi connectivity index (χ3v) is 2.98. The fraction of sp³-hybridized carbons (Fsp3) is 0.600. The Morgan fingerprint density at radius 3 is 2.79 bits per heavy atom. The van der Waals surface area contributed by atoms with Crippen LogP contribution in [0.25, 0.3) is 0 Å². The van der Waals surface area contributed by atoms with E-state index in [1.165, 1.54) is 11.1 Å². The second-order valence-electron chi connectivity index (χ2n) is 5.03. The van der Waals surface area contributed by atoms with E-state index in [0.29, 0.717) is 13.2 Å². The number of likely N-dealkylation sites (N-methyl/N-ethyl adjacent to an activating group) is 1. The van der Waals surface area contributed by atoms with Crippen molar-refractivity contribution in [1.29, 1.82) is 0 Å². The van der Waals surface area contributed by atoms with Gasteiger partial charge >= 0.3 is 0 Å². The Labute approximate surface area is 116 Å². The number of rotatable bonds is 8. The molecule has 0 bridgehead atoms. The highest BCUT2D eigenvalue weighted by molar-refractivity contribution is 5.54. The van der Waals surface area contributed by atoms with Gasteiger partial charge in [0, 0.05) is 39.5 Å². The average molecular weight is 266 g/mol. The summed E-state index contributed by atoms with van der Waals surface area (Å²) in [6, 6.07) is 6.41. The average Bonchev–Trinajstić information content (AvgIpc) is 2.34. The number of ether oxygens (including phenoxy) is 1. The zero-order chi connectivity index (χ0) is 14.3. The van der Waals surface area contributed by atoms with Gasteiger partial charge in [0.1, 0.15) is 0 Å². The smallest absolute Gasteiger partial charge is 0.0686 e. The normalized spacial score (nSPS) is 12.5. The Morgan fingerprint density at radius 1 is 1.42 bits per heavy atom. The van der Waals surface area contributed by atoms with Crippen molar-refractivity contribution < 1.29 is 9.84 Å². The van der Waals surface area contributed by atoms with E-state index in [4.69, 9.17) is 4.74 Å². The molecule has 1 aromatic carbocycles. The molecule has 0 aliphatic rings. The first-order chi connectivity index (χ1) is 9.04. The number of nitrogens with one attached hydrogen (secondary N) is 1. The van der Waals surface area contributed by atoms with Crippen LogP contribution in [-0.2, 0) is 11.3 Å². The van der Waals surface area contributed by atoms with Crippen LogP contribution in [0.15, 0.2) is 18.2 Å². The summed E-state index contributed by atoms with van der Waals surface area (Å²) in [5.41, 5.74) is 3.66. The molecule has 1 atom stereocenters. The van der Waals surface area contributed by atoms with Gasteiger partial charge in [0.05, 0.1) is 12.7 Å². The summed E-state index contributed by atoms with van der Waals surface area (Å²) < 4.78 is 5.03. The minimum absolute atomic E-state index is 0.333. The van der Waals surface area contributed by atoms with Crippen molar-refractivity contribution in [2.75, 3.05) is 38.8 Å². The SMILES string of the molecule is COCCNCc1cc(C)ccc1N(C)CC(C)O. The first kappa shape index (κ1) is 16.0. The van der Waals surface area contributed by atoms with Gasteiger partial charge in [-0.2, -0.15) is 0 Å². The first-order valence-corrected chi connectivity index (χ1v) is 6.73. The molecule has 0 fully saturated rings. The molecule has 0 radical (unpaired) electrons. The molecule has 0 amide bonds. The number of nitrogens with zero attached hydrogens (tertiary/aromatic N) is 1. The molecule has 0 saturated heterocycles. The van der Waals surface area contributed by atoms with Crippen molar-refractivity contribution in [3.05, 3.63) is 29.3 Å². The zero-order valence-electron chi connectivity index (χ0n) is 12.4. The topological polar surface area (TPSA) is 44.7 Å². The standard InChI is InChI=1S/C15H26N2O2/c1-12-5-6-15(17(3)11-13(2)18)14(9-12)10-16-7-8-19-4/h5-6,9,13,16,18H,7-8,10-11H2,1-4H3. The molecule has 0 spiro atoms. The lowest BCUT2D eigenvalue weighted by molar-refractivity contribution is 0.199. The second kappa shape index (κ2) is 8.15. The van der Waals surface area contributed by atoms with Gasteiger partial charge in [0.2, 0.25) is 0 Å². The molecule has 0 heterocycles. The predicted octanol–water partition coefficient (Wildman–Crippen LogP) is 1.55. The van der Waals surface area contributed by atoms with Crippen LogP contribution in [0.3, 0.4) is 0 Å². The second-order valence-corrected chi connectivity index (χ2v) is 5.03. The van der Waals surface area contributed by atoms with Crippen molar-refractivity contribution in [2.24, 2.45) is 0 Å². The van der Waals surface area contributed by atoms with E-state index in [9.17, 15) is 5.11 Å². The molecule has 1 unspecified atom stereocenters. The molecule has 0 aliphatic heterocycles. The Morgan fingerprint density at radius 2 is 2.16 bits per heavy atom. The first-order valence-electron chi connectivity index (χ1n) is 6.73. The van der Waals surface area contributed by atoms with Gasteiger partial charge in [-0.3, -0.25) is 0 Å². The Balaban J connectivity index is 2.73. The lowest BCUT2D eigenvalue weighted by atomic mass is 10.1. The lowest BCUT2D eigenvalue weighted by Crippen LogP contribution is -2.28. The van der Waals surface area contributed by atoms with E-state index in [0.717, 1.165) is 18.8 Å². The number of hydrogen-bond acceptors (Lipinski definition) is 4. The summed E-state index contributed by atoms with van der Waals surface area (Å²) in [6.45, 7) is 6.89. The third-order valence-electron chi connectivity index (χ3n) is 2.98. The van der Waals surface area contributed by atoms with Crippen LogP contribution in [0.2, 0.25) is 0 Å². The van der Waals surface area contributed by atoms with Crippen LogP contribution in [0.1, 0.15) is 18.1 Å². The summed E-state index contributed by atoms with van der Waals surface area (Å²) in [6.07, 6.45) is -0.333. The van der Waals surface area contributed by atoms with Gasteiger partial charge in [-0.05, 0) is 25.5 Å². The molecule has 19 heavy (non-hydrogen) atoms. The number of anilines is 1. The maximum Gasteiger partial charge on any atom is 0.0686 e. The van der Waals surface area contributed by atoms with E-state index in [1.54, 1.807) is 14.0 Å². The molecular formula is C15H26N2O2. The molecule has 0 saturated carbocycles. The molecule has 4 nitrogen and oxygen atoms in total. The summed E-state index contributed by atoms with van der Waals surface area (Å²) in [4.78, 5) is 2.09. The van der Waals surface area contributed by atoms with Crippen LogP contribution in [0, 0.1) is 6.92 Å². The monoisotopic (exact) mass is 266 g/mol. The fourth-order valence-corrected chi connectivity index (χ4v) is 2.12. The fourth-order valence-electron chi connectivity index (χ4n) is 2.12. The van der Waals surface area contributed by atoms with E-state index in [2.05, 4.69) is 35.3 Å². The van der Waals surface area contributed by atoms with Crippen molar-refractivity contribution in [1.82, 2.24) is 5.32 Å². The van der Waals surface area contributed by atoms with Crippen LogP contribution >= 0.6 is 0 Å². The Hall–Kier alpha value is -1.10. The molecule has 1 rings (SSSR count). The van der Waals surface area contributed by atoms with Crippen LogP contribution in [-0.4, -0.2) is 45.1 Å². The zero-order valence-corrected chi connectivity index (χ0v) is 12.4. The maximum atomic E-state index is 9.50. The highest BCUT2D eigenvalue weighted by atomic mass is 16.5. The summed E-state index contributed by atoms with van der Waals surface area (Å²) in [7, 11) is 3.71. The molecule has 0 aromatic heterocycles. The highest BCUT2D eigenvalue weighted by Crippen LogP contribution is 2.21. The summed E-state index contributed by atoms with van der Waals surface area (Å²) in [5, 5.41) is 12.9. The van der Waals surface area contributed by atoms with Gasteiger partial charge in [0.25, 0.3) is 0 Å². The highest BCUT2D eigenvalue weighted by Gasteiger charge is 2.09. The van der Waals surface area contributed by atoms with Crippen LogP contribution in [0.4, 0.5) is 5.69 Å². The van der Waals surface area contributed by atoms with Gasteiger partial charge in [-0.1, -0.05) is 17.7 Å². The van der Waals surface area contributed by atoms with Crippen molar-refractivity contribution in [3.8, 4) is 0 Å². The minimum atomic E-state index is -0.333. The van der Waals surface area contributed by atoms with Gasteiger partial charge in [0.15, 0.2) is 0 Å². The quantitative estimate of drug-likeness (QED) is 0.701. The largest absolute Gasteiger partial charge is 0.392 e. The number of benzene rings is 1. The molecule has 1 aromatic rings. The molecule has 108 valence electrons. The summed E-state index contributed by atoms with van der Waals surface area (Å²) >= 11 is 0. The predicted molar refractivity (Wildman–Crippen MR) is 79.7 cm³/mol. The lowest BCUT2D eigenvalue weighted by Gasteiger charge is -2.24. The maximum absolute atomic E-state index is 9.50. The van der Waals surface area contributed by atoms with E-state index >= 15 is 0 Å². The van der Waals surface area contributed by atoms with E-state index < -0.39 is 0 Å². The number of aryl methyl sites for hydroxylation is 1. The minimum Gasteiger partial charge on any atom is -0.392 e. The van der Waals surface area contributed by atoms with E-state index in [-0.39, 0.29) is 6.10 Å². The number of aliphatic hydroxyl groups excluding tert-OH is 1. The molecular weight excluding hydrogens is 240 g/mol. The van der Waals surface area contributed by atoms with Crippen molar-refractivity contribution in [3.63, 3.8) is 0 Å². The summed E-state index contributed by atoms with van der Waals surface area (Å²) in [5.74, 6) is 0. The van der Waals surface area contributed by atoms with Gasteiger partial charge in [-0.25, -0.2) is 0 Å². The van der Waals surface area contributed by atoms with Crippen LogP contribution < -0.4 is 10.2 Å². The number of hydrogen-bond donors (Lipinski definition) is 2. The molecule has 0 aliphatic carbocycles. The van der Waals surface area contributed by atoms with Crippen molar-refractivity contribution >= 4 is 5.69 Å². The molecule has 4 heteroatoms. The Kier molecular flexibility index (Phi) is 6.84. The van der Waals surface area contributed by atoms with Crippen molar-refractivity contribution in [2.45, 2.75) is 26.5 Å². The van der Waals surface area contributed by atoms with E-state index in [1.807, 2.05) is 7.05 Å². The number of aliphatic hydroxyl groups is 1.